The van der Waals surface area contributed by atoms with Crippen LogP contribution in [0, 0.1) is 0 Å². The van der Waals surface area contributed by atoms with Gasteiger partial charge in [0.05, 0.1) is 11.3 Å². The summed E-state index contributed by atoms with van der Waals surface area (Å²) < 4.78 is 6.17. The highest BCUT2D eigenvalue weighted by atomic mass is 35.5. The summed E-state index contributed by atoms with van der Waals surface area (Å²) in [4.78, 5) is 13.2. The fourth-order valence-electron chi connectivity index (χ4n) is 2.89. The molecule has 1 atom stereocenters. The van der Waals surface area contributed by atoms with Gasteiger partial charge in [-0.1, -0.05) is 17.7 Å². The van der Waals surface area contributed by atoms with Gasteiger partial charge >= 0.3 is 0 Å². The third kappa shape index (κ3) is 3.33. The zero-order valence-electron chi connectivity index (χ0n) is 14.1. The molecule has 4 rings (SSSR count). The number of rotatable bonds is 6. The molecule has 8 heteroatoms. The smallest absolute Gasteiger partial charge is 0.176 e. The molecule has 0 spiro atoms. The molecule has 134 valence electrons. The second kappa shape index (κ2) is 7.11. The Morgan fingerprint density at radius 2 is 2.35 bits per heavy atom. The van der Waals surface area contributed by atoms with E-state index in [-0.39, 0.29) is 6.04 Å². The average molecular weight is 388 g/mol. The third-order valence-corrected chi connectivity index (χ3v) is 5.03. The third-order valence-electron chi connectivity index (χ3n) is 3.96. The van der Waals surface area contributed by atoms with Gasteiger partial charge in [0.15, 0.2) is 5.58 Å². The average Bonchev–Trinajstić information content (AvgIpc) is 3.32. The Bertz CT molecular complexity index is 1010. The summed E-state index contributed by atoms with van der Waals surface area (Å²) in [5.74, 6) is 1.44. The molecule has 0 amide bonds. The van der Waals surface area contributed by atoms with Crippen LogP contribution in [0.2, 0.25) is 5.15 Å². The van der Waals surface area contributed by atoms with Crippen LogP contribution in [0.15, 0.2) is 40.4 Å². The van der Waals surface area contributed by atoms with Gasteiger partial charge in [-0.05, 0) is 18.4 Å². The van der Waals surface area contributed by atoms with Crippen LogP contribution < -0.4 is 11.1 Å². The number of hydrogen-bond acceptors (Lipinski definition) is 6. The minimum Gasteiger partial charge on any atom is -0.456 e. The molecule has 0 fully saturated rings. The molecule has 4 aromatic rings. The maximum atomic E-state index is 6.29. The quantitative estimate of drug-likeness (QED) is 0.425. The van der Waals surface area contributed by atoms with Crippen molar-refractivity contribution in [1.29, 1.82) is 0 Å². The van der Waals surface area contributed by atoms with Crippen molar-refractivity contribution in [3.05, 3.63) is 51.8 Å². The van der Waals surface area contributed by atoms with Gasteiger partial charge in [0.2, 0.25) is 0 Å². The predicted molar refractivity (Wildman–Crippen MR) is 106 cm³/mol. The molecule has 4 aromatic heterocycles. The van der Waals surface area contributed by atoms with Crippen molar-refractivity contribution in [2.75, 3.05) is 5.32 Å². The Hall–Kier alpha value is -2.35. The molecule has 0 aliphatic heterocycles. The fraction of sp³-hybridized carbons (Fsp3) is 0.222. The van der Waals surface area contributed by atoms with Gasteiger partial charge in [-0.3, -0.25) is 0 Å². The van der Waals surface area contributed by atoms with Crippen LogP contribution in [0.25, 0.3) is 22.5 Å². The highest BCUT2D eigenvalue weighted by molar-refractivity contribution is 7.09. The van der Waals surface area contributed by atoms with Crippen molar-refractivity contribution >= 4 is 39.7 Å². The topological polar surface area (TPSA) is 92.8 Å². The van der Waals surface area contributed by atoms with E-state index in [1.165, 1.54) is 4.88 Å². The predicted octanol–water partition coefficient (Wildman–Crippen LogP) is 4.43. The molecule has 0 saturated carbocycles. The molecule has 6 nitrogen and oxygen atoms in total. The number of pyridine rings is 1. The van der Waals surface area contributed by atoms with E-state index in [1.807, 2.05) is 13.0 Å². The maximum absolute atomic E-state index is 6.29. The molecule has 0 saturated heterocycles. The number of fused-ring (bicyclic) bond motifs is 1. The number of halogens is 1. The van der Waals surface area contributed by atoms with E-state index < -0.39 is 0 Å². The Morgan fingerprint density at radius 1 is 1.46 bits per heavy atom. The minimum absolute atomic E-state index is 0.0534. The zero-order chi connectivity index (χ0) is 18.1. The summed E-state index contributed by atoms with van der Waals surface area (Å²) in [7, 11) is 0. The lowest BCUT2D eigenvalue weighted by Gasteiger charge is -2.06. The number of aromatic nitrogens is 3. The standard InChI is InChI=1S/C18H18ClN5OS/c1-10(20)7-13-15(18-21-4-5-22-18)16-17(25-13)12(8-14(19)24-16)23-9-11-3-2-6-26-11/h2-6,8,10H,7,9,20H2,1H3,(H,21,22)(H,23,24). The number of nitrogens with two attached hydrogens (primary N) is 1. The van der Waals surface area contributed by atoms with E-state index in [1.54, 1.807) is 29.8 Å². The molecular formula is C18H18ClN5OS. The number of hydrogen-bond donors (Lipinski definition) is 3. The molecule has 1 unspecified atom stereocenters. The van der Waals surface area contributed by atoms with Crippen molar-refractivity contribution < 1.29 is 4.42 Å². The summed E-state index contributed by atoms with van der Waals surface area (Å²) in [5.41, 5.74) is 8.96. The SMILES string of the molecule is CC(N)Cc1oc2c(NCc3cccs3)cc(Cl)nc2c1-c1ncc[nH]1. The van der Waals surface area contributed by atoms with Gasteiger partial charge in [0.1, 0.15) is 22.3 Å². The number of H-pyrrole nitrogens is 1. The molecule has 0 bridgehead atoms. The number of imidazole rings is 1. The summed E-state index contributed by atoms with van der Waals surface area (Å²) in [5, 5.41) is 5.85. The summed E-state index contributed by atoms with van der Waals surface area (Å²) in [6, 6.07) is 5.83. The van der Waals surface area contributed by atoms with Crippen LogP contribution in [-0.4, -0.2) is 21.0 Å². The highest BCUT2D eigenvalue weighted by Gasteiger charge is 2.22. The van der Waals surface area contributed by atoms with Crippen LogP contribution in [0.1, 0.15) is 17.6 Å². The molecule has 4 heterocycles. The van der Waals surface area contributed by atoms with Crippen molar-refractivity contribution in [3.63, 3.8) is 0 Å². The van der Waals surface area contributed by atoms with Gasteiger partial charge in [-0.2, -0.15) is 0 Å². The lowest BCUT2D eigenvalue weighted by molar-refractivity contribution is 0.527. The van der Waals surface area contributed by atoms with E-state index >= 15 is 0 Å². The first-order chi connectivity index (χ1) is 12.6. The molecular weight excluding hydrogens is 370 g/mol. The molecule has 0 aliphatic carbocycles. The lowest BCUT2D eigenvalue weighted by atomic mass is 10.1. The largest absolute Gasteiger partial charge is 0.456 e. The molecule has 0 aliphatic rings. The van der Waals surface area contributed by atoms with Crippen molar-refractivity contribution in [2.45, 2.75) is 25.9 Å². The van der Waals surface area contributed by atoms with E-state index in [4.69, 9.17) is 21.8 Å². The van der Waals surface area contributed by atoms with Crippen molar-refractivity contribution in [3.8, 4) is 11.4 Å². The van der Waals surface area contributed by atoms with E-state index in [0.29, 0.717) is 35.0 Å². The summed E-state index contributed by atoms with van der Waals surface area (Å²) >= 11 is 7.98. The van der Waals surface area contributed by atoms with Crippen LogP contribution in [0.3, 0.4) is 0 Å². The Kier molecular flexibility index (Phi) is 4.67. The summed E-state index contributed by atoms with van der Waals surface area (Å²) in [6.45, 7) is 2.63. The number of anilines is 1. The van der Waals surface area contributed by atoms with Gasteiger partial charge in [0, 0.05) is 42.3 Å². The van der Waals surface area contributed by atoms with E-state index in [2.05, 4.69) is 31.7 Å². The van der Waals surface area contributed by atoms with Crippen LogP contribution in [0.5, 0.6) is 0 Å². The number of nitrogens with one attached hydrogen (secondary N) is 2. The van der Waals surface area contributed by atoms with Gasteiger partial charge in [0.25, 0.3) is 0 Å². The Balaban J connectivity index is 1.83. The van der Waals surface area contributed by atoms with Crippen molar-refractivity contribution in [2.24, 2.45) is 5.73 Å². The second-order valence-electron chi connectivity index (χ2n) is 6.12. The highest BCUT2D eigenvalue weighted by Crippen LogP contribution is 2.37. The van der Waals surface area contributed by atoms with Crippen LogP contribution in [-0.2, 0) is 13.0 Å². The monoisotopic (exact) mass is 387 g/mol. The molecule has 0 aromatic carbocycles. The first-order valence-corrected chi connectivity index (χ1v) is 9.51. The fourth-order valence-corrected chi connectivity index (χ4v) is 3.73. The van der Waals surface area contributed by atoms with E-state index in [0.717, 1.165) is 17.0 Å². The normalized spacial score (nSPS) is 12.6. The van der Waals surface area contributed by atoms with Crippen molar-refractivity contribution in [1.82, 2.24) is 15.0 Å². The number of furan rings is 1. The van der Waals surface area contributed by atoms with E-state index in [9.17, 15) is 0 Å². The van der Waals surface area contributed by atoms with Gasteiger partial charge < -0.3 is 20.5 Å². The number of thiophene rings is 1. The number of nitrogens with zero attached hydrogens (tertiary/aromatic N) is 2. The van der Waals surface area contributed by atoms with Gasteiger partial charge in [-0.15, -0.1) is 11.3 Å². The lowest BCUT2D eigenvalue weighted by Crippen LogP contribution is -2.17. The minimum atomic E-state index is -0.0534. The first-order valence-electron chi connectivity index (χ1n) is 8.25. The Labute approximate surface area is 159 Å². The molecule has 0 radical (unpaired) electrons. The number of aromatic amines is 1. The maximum Gasteiger partial charge on any atom is 0.176 e. The second-order valence-corrected chi connectivity index (χ2v) is 7.54. The zero-order valence-corrected chi connectivity index (χ0v) is 15.7. The molecule has 4 N–H and O–H groups in total. The first kappa shape index (κ1) is 17.1. The van der Waals surface area contributed by atoms with Crippen LogP contribution >= 0.6 is 22.9 Å². The summed E-state index contributed by atoms with van der Waals surface area (Å²) in [6.07, 6.45) is 4.04. The van der Waals surface area contributed by atoms with Crippen LogP contribution in [0.4, 0.5) is 5.69 Å². The Morgan fingerprint density at radius 3 is 3.04 bits per heavy atom. The molecule has 26 heavy (non-hydrogen) atoms. The van der Waals surface area contributed by atoms with Gasteiger partial charge in [-0.25, -0.2) is 9.97 Å².